The summed E-state index contributed by atoms with van der Waals surface area (Å²) in [6.07, 6.45) is -7.93. The van der Waals surface area contributed by atoms with E-state index in [4.69, 9.17) is 19.9 Å². The molecule has 256 valence electrons. The van der Waals surface area contributed by atoms with Gasteiger partial charge in [0.1, 0.15) is 47.5 Å². The maximum absolute atomic E-state index is 12.4. The van der Waals surface area contributed by atoms with E-state index in [-0.39, 0.29) is 5.56 Å². The molecule has 10 atom stereocenters. The first-order chi connectivity index (χ1) is 22.2. The number of carbonyl (C=O) groups excluding carboxylic acids is 1. The van der Waals surface area contributed by atoms with Gasteiger partial charge in [-0.1, -0.05) is 5.21 Å². The van der Waals surface area contributed by atoms with Gasteiger partial charge in [0.05, 0.1) is 26.5 Å². The third-order valence-electron chi connectivity index (χ3n) is 7.23. The van der Waals surface area contributed by atoms with Gasteiger partial charge in [-0.05, 0) is 30.3 Å². The summed E-state index contributed by atoms with van der Waals surface area (Å²) in [5.41, 5.74) is 6.36. The lowest BCUT2D eigenvalue weighted by Gasteiger charge is -2.26. The number of aromatic nitrogens is 4. The second-order valence-corrected chi connectivity index (χ2v) is 13.4. The number of nitrogens with two attached hydrogens (primary N) is 1. The first-order valence-electron chi connectivity index (χ1n) is 13.7. The van der Waals surface area contributed by atoms with Crippen molar-refractivity contribution < 1.29 is 76.3 Å². The number of amides is 1. The van der Waals surface area contributed by atoms with Gasteiger partial charge in [-0.25, -0.2) is 13.6 Å². The van der Waals surface area contributed by atoms with E-state index in [9.17, 15) is 44.1 Å². The number of aliphatic hydroxyl groups is 4. The maximum atomic E-state index is 12.4. The fraction of sp³-hybridized carbons (Fsp3) is 0.440. The second-order valence-electron chi connectivity index (χ2n) is 10.4. The van der Waals surface area contributed by atoms with Gasteiger partial charge in [-0.2, -0.15) is 4.57 Å². The number of nitrogens with zero attached hydrogens (tertiary/aromatic N) is 4. The van der Waals surface area contributed by atoms with E-state index in [1.54, 1.807) is 24.3 Å². The third-order valence-corrected chi connectivity index (χ3v) is 9.80. The first kappa shape index (κ1) is 35.1. The van der Waals surface area contributed by atoms with Crippen molar-refractivity contribution in [2.24, 2.45) is 5.73 Å². The Morgan fingerprint density at radius 1 is 1.02 bits per heavy atom. The molecular weight excluding hydrogens is 672 g/mol. The lowest BCUT2D eigenvalue weighted by Crippen LogP contribution is -2.46. The van der Waals surface area contributed by atoms with Crippen LogP contribution in [0.5, 0.6) is 5.75 Å². The topological polar surface area (TPSA) is 291 Å². The Hall–Kier alpha value is -3.20. The van der Waals surface area contributed by atoms with Gasteiger partial charge in [0.2, 0.25) is 0 Å². The van der Waals surface area contributed by atoms with Crippen LogP contribution in [0.25, 0.3) is 11.3 Å². The molecule has 0 bridgehead atoms. The van der Waals surface area contributed by atoms with E-state index in [1.165, 1.54) is 42.4 Å². The largest absolute Gasteiger partial charge is 0.756 e. The molecular formula is C25H31N5O15P2. The van der Waals surface area contributed by atoms with Gasteiger partial charge in [-0.3, -0.25) is 13.9 Å². The van der Waals surface area contributed by atoms with Crippen molar-refractivity contribution >= 4 is 21.6 Å². The zero-order valence-corrected chi connectivity index (χ0v) is 26.1. The number of hydrogen-bond acceptors (Lipinski definition) is 16. The number of primary amides is 1. The fourth-order valence-corrected chi connectivity index (χ4v) is 6.85. The van der Waals surface area contributed by atoms with Crippen LogP contribution >= 0.6 is 15.6 Å². The number of phosphoric acid groups is 2. The first-order valence-corrected chi connectivity index (χ1v) is 16.7. The van der Waals surface area contributed by atoms with Gasteiger partial charge in [-0.15, -0.1) is 5.10 Å². The quantitative estimate of drug-likeness (QED) is 0.0820. The number of aliphatic hydroxyl groups excluding tert-OH is 4. The van der Waals surface area contributed by atoms with E-state index < -0.39 is 83.8 Å². The van der Waals surface area contributed by atoms with Crippen LogP contribution in [0.15, 0.2) is 55.0 Å². The molecule has 2 fully saturated rings. The summed E-state index contributed by atoms with van der Waals surface area (Å²) in [6.45, 7) is -1.87. The van der Waals surface area contributed by atoms with Crippen molar-refractivity contribution in [3.63, 3.8) is 0 Å². The molecule has 2 unspecified atom stereocenters. The minimum atomic E-state index is -5.62. The minimum Gasteiger partial charge on any atom is -0.756 e. The molecule has 7 N–H and O–H groups in total. The summed E-state index contributed by atoms with van der Waals surface area (Å²) < 4.78 is 56.7. The number of benzene rings is 1. The normalized spacial score (nSPS) is 30.1. The second kappa shape index (κ2) is 14.1. The molecule has 2 aliphatic rings. The molecule has 2 aromatic heterocycles. The number of ether oxygens (including phenoxy) is 3. The lowest BCUT2D eigenvalue weighted by molar-refractivity contribution is -0.765. The van der Waals surface area contributed by atoms with Crippen LogP contribution < -0.4 is 19.9 Å². The summed E-state index contributed by atoms with van der Waals surface area (Å²) >= 11 is 0. The highest BCUT2D eigenvalue weighted by atomic mass is 31.3. The zero-order valence-electron chi connectivity index (χ0n) is 24.3. The summed E-state index contributed by atoms with van der Waals surface area (Å²) in [7, 11) is -9.53. The number of pyridine rings is 1. The smallest absolute Gasteiger partial charge is 0.478 e. The molecule has 1 amide bonds. The molecule has 0 saturated carbocycles. The van der Waals surface area contributed by atoms with Crippen LogP contribution in [0.1, 0.15) is 22.8 Å². The Bertz CT molecular complexity index is 1660. The molecule has 0 aliphatic carbocycles. The molecule has 3 aromatic rings. The van der Waals surface area contributed by atoms with E-state index in [2.05, 4.69) is 23.7 Å². The molecule has 20 nitrogen and oxygen atoms in total. The molecule has 2 aliphatic heterocycles. The summed E-state index contributed by atoms with van der Waals surface area (Å²) in [6, 6.07) is 9.66. The van der Waals surface area contributed by atoms with Crippen molar-refractivity contribution in [2.75, 3.05) is 20.3 Å². The van der Waals surface area contributed by atoms with Gasteiger partial charge in [0, 0.05) is 11.6 Å². The SMILES string of the molecule is COc1ccc(-c2cn([C@H]3O[C@@H](COP(=O)(O)OP(=O)([O-])OC[C@H]4O[C@@H]([n+]5cccc(C(N)=O)c5)[C@H](O)[C@@H]4O)[C@H](O)[C@@H]3O)nn2)cc1. The Balaban J connectivity index is 1.13. The highest BCUT2D eigenvalue weighted by Crippen LogP contribution is 2.58. The maximum Gasteiger partial charge on any atom is 0.478 e. The summed E-state index contributed by atoms with van der Waals surface area (Å²) in [5.74, 6) is -0.154. The molecule has 4 heterocycles. The van der Waals surface area contributed by atoms with Crippen LogP contribution in [0, 0.1) is 0 Å². The average molecular weight is 703 g/mol. The Kier molecular flexibility index (Phi) is 10.5. The fourth-order valence-electron chi connectivity index (χ4n) is 4.80. The van der Waals surface area contributed by atoms with Crippen molar-refractivity contribution in [3.05, 3.63) is 60.6 Å². The summed E-state index contributed by atoms with van der Waals surface area (Å²) in [4.78, 5) is 33.8. The van der Waals surface area contributed by atoms with E-state index in [0.717, 1.165) is 4.68 Å². The van der Waals surface area contributed by atoms with Gasteiger partial charge < -0.3 is 54.7 Å². The Morgan fingerprint density at radius 2 is 1.68 bits per heavy atom. The molecule has 0 radical (unpaired) electrons. The molecule has 22 heteroatoms. The van der Waals surface area contributed by atoms with Gasteiger partial charge >= 0.3 is 7.82 Å². The van der Waals surface area contributed by atoms with E-state index >= 15 is 0 Å². The van der Waals surface area contributed by atoms with Gasteiger partial charge in [0.15, 0.2) is 24.7 Å². The zero-order chi connectivity index (χ0) is 34.1. The minimum absolute atomic E-state index is 0.0615. The molecule has 2 saturated heterocycles. The average Bonchev–Trinajstić information content (AvgIpc) is 3.71. The van der Waals surface area contributed by atoms with Gasteiger partial charge in [0.25, 0.3) is 20.0 Å². The predicted octanol–water partition coefficient (Wildman–Crippen LogP) is -2.10. The Morgan fingerprint density at radius 3 is 2.36 bits per heavy atom. The number of methoxy groups -OCH3 is 1. The Labute approximate surface area is 265 Å². The number of rotatable bonds is 13. The standard InChI is InChI=1S/C25H31N5O15P2/c1-40-15-6-4-13(5-7-15)16-10-30(28-27-16)25-22(34)20(32)18(44-25)12-42-47(38,39)45-46(36,37)41-11-17-19(31)21(33)24(43-17)29-8-2-3-14(9-29)23(26)35/h2-10,17-22,24-25,31-34H,11-12H2,1H3,(H3-,26,35,36,37,38,39)/t17-,18+,19-,20+,21-,22+,24-,25+/m1/s1. The third kappa shape index (κ3) is 8.10. The number of phosphoric ester groups is 2. The van der Waals surface area contributed by atoms with E-state index in [1.807, 2.05) is 0 Å². The van der Waals surface area contributed by atoms with Crippen LogP contribution in [0.4, 0.5) is 0 Å². The molecule has 0 spiro atoms. The van der Waals surface area contributed by atoms with Crippen LogP contribution in [0.2, 0.25) is 0 Å². The van der Waals surface area contributed by atoms with E-state index in [0.29, 0.717) is 17.0 Å². The monoisotopic (exact) mass is 703 g/mol. The number of hydrogen-bond donors (Lipinski definition) is 6. The predicted molar refractivity (Wildman–Crippen MR) is 149 cm³/mol. The van der Waals surface area contributed by atoms with Crippen LogP contribution in [-0.4, -0.2) is 103 Å². The van der Waals surface area contributed by atoms with Crippen LogP contribution in [-0.2, 0) is 32.0 Å². The van der Waals surface area contributed by atoms with Crippen molar-refractivity contribution in [1.82, 2.24) is 15.0 Å². The highest BCUT2D eigenvalue weighted by Gasteiger charge is 2.49. The van der Waals surface area contributed by atoms with Crippen LogP contribution in [0.3, 0.4) is 0 Å². The van der Waals surface area contributed by atoms with Crippen molar-refractivity contribution in [1.29, 1.82) is 0 Å². The molecule has 1 aromatic carbocycles. The lowest BCUT2D eigenvalue weighted by atomic mass is 10.1. The summed E-state index contributed by atoms with van der Waals surface area (Å²) in [5, 5.41) is 49.6. The number of carbonyl (C=O) groups is 1. The van der Waals surface area contributed by atoms with Crippen molar-refractivity contribution in [3.8, 4) is 17.0 Å². The van der Waals surface area contributed by atoms with Crippen molar-refractivity contribution in [2.45, 2.75) is 49.1 Å². The molecule has 5 rings (SSSR count). The highest BCUT2D eigenvalue weighted by molar-refractivity contribution is 7.60. The molecule has 47 heavy (non-hydrogen) atoms.